The number of methoxy groups -OCH3 is 1. The first-order valence-corrected chi connectivity index (χ1v) is 7.63. The fourth-order valence-electron chi connectivity index (χ4n) is 3.03. The van der Waals surface area contributed by atoms with Crippen molar-refractivity contribution in [3.63, 3.8) is 0 Å². The molecule has 0 saturated heterocycles. The second-order valence-corrected chi connectivity index (χ2v) is 6.21. The Labute approximate surface area is 117 Å². The van der Waals surface area contributed by atoms with Gasteiger partial charge in [-0.25, -0.2) is 0 Å². The SMILES string of the molecule is COC1(C(Cc2csc3ccccc23)NN)CCC1. The van der Waals surface area contributed by atoms with Crippen LogP contribution in [0.3, 0.4) is 0 Å². The lowest BCUT2D eigenvalue weighted by atomic mass is 9.73. The number of hydrogen-bond acceptors (Lipinski definition) is 4. The summed E-state index contributed by atoms with van der Waals surface area (Å²) in [5.74, 6) is 5.78. The van der Waals surface area contributed by atoms with Gasteiger partial charge in [0.2, 0.25) is 0 Å². The summed E-state index contributed by atoms with van der Waals surface area (Å²) in [6.07, 6.45) is 4.35. The molecule has 2 aromatic rings. The molecule has 1 atom stereocenters. The monoisotopic (exact) mass is 276 g/mol. The van der Waals surface area contributed by atoms with Crippen molar-refractivity contribution in [1.29, 1.82) is 0 Å². The van der Waals surface area contributed by atoms with Crippen LogP contribution in [0.1, 0.15) is 24.8 Å². The normalized spacial score (nSPS) is 19.3. The predicted molar refractivity (Wildman–Crippen MR) is 80.2 cm³/mol. The van der Waals surface area contributed by atoms with E-state index in [1.165, 1.54) is 22.1 Å². The highest BCUT2D eigenvalue weighted by Gasteiger charge is 2.44. The van der Waals surface area contributed by atoms with E-state index >= 15 is 0 Å². The summed E-state index contributed by atoms with van der Waals surface area (Å²) in [6.45, 7) is 0. The number of nitrogens with two attached hydrogens (primary N) is 1. The van der Waals surface area contributed by atoms with E-state index in [1.54, 1.807) is 18.4 Å². The van der Waals surface area contributed by atoms with E-state index in [0.29, 0.717) is 0 Å². The summed E-state index contributed by atoms with van der Waals surface area (Å²) < 4.78 is 7.09. The Hall–Kier alpha value is -0.940. The predicted octanol–water partition coefficient (Wildman–Crippen LogP) is 2.84. The highest BCUT2D eigenvalue weighted by molar-refractivity contribution is 7.17. The van der Waals surface area contributed by atoms with E-state index in [2.05, 4.69) is 35.1 Å². The molecule has 0 spiro atoms. The van der Waals surface area contributed by atoms with Gasteiger partial charge in [0.05, 0.1) is 11.6 Å². The van der Waals surface area contributed by atoms with Crippen LogP contribution < -0.4 is 11.3 Å². The van der Waals surface area contributed by atoms with Gasteiger partial charge in [-0.05, 0) is 48.1 Å². The molecular weight excluding hydrogens is 256 g/mol. The highest BCUT2D eigenvalue weighted by Crippen LogP contribution is 2.40. The van der Waals surface area contributed by atoms with Gasteiger partial charge in [0.15, 0.2) is 0 Å². The van der Waals surface area contributed by atoms with Crippen LogP contribution in [0, 0.1) is 0 Å². The molecule has 1 aliphatic carbocycles. The zero-order chi connectivity index (χ0) is 13.3. The van der Waals surface area contributed by atoms with Crippen LogP contribution >= 0.6 is 11.3 Å². The van der Waals surface area contributed by atoms with Crippen molar-refractivity contribution in [2.45, 2.75) is 37.3 Å². The quantitative estimate of drug-likeness (QED) is 0.652. The second kappa shape index (κ2) is 5.21. The first kappa shape index (κ1) is 13.1. The Balaban J connectivity index is 1.86. The van der Waals surface area contributed by atoms with E-state index in [0.717, 1.165) is 19.3 Å². The third kappa shape index (κ3) is 2.19. The summed E-state index contributed by atoms with van der Waals surface area (Å²) in [5.41, 5.74) is 4.27. The maximum Gasteiger partial charge on any atom is 0.0847 e. The molecule has 0 amide bonds. The Bertz CT molecular complexity index is 557. The molecule has 1 unspecified atom stereocenters. The van der Waals surface area contributed by atoms with Gasteiger partial charge in [-0.3, -0.25) is 11.3 Å². The lowest BCUT2D eigenvalue weighted by Crippen LogP contribution is -2.59. The molecule has 4 heteroatoms. The Morgan fingerprint density at radius 1 is 1.42 bits per heavy atom. The average Bonchev–Trinajstić information content (AvgIpc) is 2.80. The molecule has 19 heavy (non-hydrogen) atoms. The Morgan fingerprint density at radius 2 is 2.21 bits per heavy atom. The fraction of sp³-hybridized carbons (Fsp3) is 0.467. The van der Waals surface area contributed by atoms with Crippen LogP contribution in [0.4, 0.5) is 0 Å². The minimum absolute atomic E-state index is 0.0716. The van der Waals surface area contributed by atoms with Gasteiger partial charge in [-0.2, -0.15) is 0 Å². The molecule has 3 nitrogen and oxygen atoms in total. The fourth-order valence-corrected chi connectivity index (χ4v) is 4.00. The third-order valence-electron chi connectivity index (χ3n) is 4.43. The molecular formula is C15H20N2OS. The van der Waals surface area contributed by atoms with E-state index in [4.69, 9.17) is 10.6 Å². The van der Waals surface area contributed by atoms with Gasteiger partial charge in [0.25, 0.3) is 0 Å². The molecule has 1 fully saturated rings. The van der Waals surface area contributed by atoms with E-state index in [1.807, 2.05) is 0 Å². The van der Waals surface area contributed by atoms with Crippen molar-refractivity contribution in [3.8, 4) is 0 Å². The number of nitrogens with one attached hydrogen (secondary N) is 1. The molecule has 1 saturated carbocycles. The first-order chi connectivity index (χ1) is 9.29. The number of hydrogen-bond donors (Lipinski definition) is 2. The maximum absolute atomic E-state index is 5.78. The lowest BCUT2D eigenvalue weighted by molar-refractivity contribution is -0.0981. The van der Waals surface area contributed by atoms with Gasteiger partial charge < -0.3 is 4.74 Å². The van der Waals surface area contributed by atoms with Crippen molar-refractivity contribution < 1.29 is 4.74 Å². The van der Waals surface area contributed by atoms with Crippen LogP contribution in [0.2, 0.25) is 0 Å². The number of thiophene rings is 1. The Morgan fingerprint density at radius 3 is 2.84 bits per heavy atom. The highest BCUT2D eigenvalue weighted by atomic mass is 32.1. The van der Waals surface area contributed by atoms with Crippen molar-refractivity contribution >= 4 is 21.4 Å². The molecule has 0 radical (unpaired) electrons. The van der Waals surface area contributed by atoms with Crippen LogP contribution in [-0.4, -0.2) is 18.8 Å². The number of benzene rings is 1. The first-order valence-electron chi connectivity index (χ1n) is 6.75. The van der Waals surface area contributed by atoms with Crippen molar-refractivity contribution in [2.75, 3.05) is 7.11 Å². The summed E-state index contributed by atoms with van der Waals surface area (Å²) in [4.78, 5) is 0. The zero-order valence-corrected chi connectivity index (χ0v) is 12.0. The molecule has 102 valence electrons. The number of ether oxygens (including phenoxy) is 1. The van der Waals surface area contributed by atoms with Gasteiger partial charge >= 0.3 is 0 Å². The van der Waals surface area contributed by atoms with Crippen molar-refractivity contribution in [1.82, 2.24) is 5.43 Å². The van der Waals surface area contributed by atoms with Gasteiger partial charge in [-0.15, -0.1) is 11.3 Å². The van der Waals surface area contributed by atoms with E-state index in [-0.39, 0.29) is 11.6 Å². The molecule has 0 bridgehead atoms. The molecule has 3 rings (SSSR count). The zero-order valence-electron chi connectivity index (χ0n) is 11.2. The lowest BCUT2D eigenvalue weighted by Gasteiger charge is -2.46. The minimum Gasteiger partial charge on any atom is -0.377 e. The standard InChI is InChI=1S/C15H20N2OS/c1-18-15(7-4-8-15)14(17-16)9-11-10-19-13-6-3-2-5-12(11)13/h2-3,5-6,10,14,17H,4,7-9,16H2,1H3. The van der Waals surface area contributed by atoms with Gasteiger partial charge in [0.1, 0.15) is 0 Å². The van der Waals surface area contributed by atoms with Crippen LogP contribution in [0.5, 0.6) is 0 Å². The van der Waals surface area contributed by atoms with Crippen LogP contribution in [-0.2, 0) is 11.2 Å². The average molecular weight is 276 g/mol. The summed E-state index contributed by atoms with van der Waals surface area (Å²) in [6, 6.07) is 8.73. The smallest absolute Gasteiger partial charge is 0.0847 e. The summed E-state index contributed by atoms with van der Waals surface area (Å²) in [5, 5.41) is 3.59. The second-order valence-electron chi connectivity index (χ2n) is 5.30. The number of rotatable bonds is 5. The largest absolute Gasteiger partial charge is 0.377 e. The maximum atomic E-state index is 5.78. The molecule has 1 aliphatic rings. The summed E-state index contributed by atoms with van der Waals surface area (Å²) in [7, 11) is 1.80. The van der Waals surface area contributed by atoms with Crippen molar-refractivity contribution in [2.24, 2.45) is 5.84 Å². The number of hydrazine groups is 1. The minimum atomic E-state index is -0.0716. The number of fused-ring (bicyclic) bond motifs is 1. The summed E-state index contributed by atoms with van der Waals surface area (Å²) >= 11 is 1.80. The molecule has 3 N–H and O–H groups in total. The Kier molecular flexibility index (Phi) is 3.58. The molecule has 1 aromatic heterocycles. The van der Waals surface area contributed by atoms with E-state index < -0.39 is 0 Å². The van der Waals surface area contributed by atoms with Gasteiger partial charge in [-0.1, -0.05) is 18.2 Å². The molecule has 1 heterocycles. The van der Waals surface area contributed by atoms with Crippen LogP contribution in [0.25, 0.3) is 10.1 Å². The third-order valence-corrected chi connectivity index (χ3v) is 5.44. The van der Waals surface area contributed by atoms with E-state index in [9.17, 15) is 0 Å². The molecule has 0 aliphatic heterocycles. The molecule has 1 aromatic carbocycles. The van der Waals surface area contributed by atoms with Gasteiger partial charge in [0, 0.05) is 11.8 Å². The van der Waals surface area contributed by atoms with Crippen molar-refractivity contribution in [3.05, 3.63) is 35.2 Å². The van der Waals surface area contributed by atoms with Crippen LogP contribution in [0.15, 0.2) is 29.6 Å². The topological polar surface area (TPSA) is 47.3 Å².